The van der Waals surface area contributed by atoms with Crippen LogP contribution in [0, 0.1) is 25.6 Å². The van der Waals surface area contributed by atoms with E-state index in [-0.39, 0.29) is 17.6 Å². The van der Waals surface area contributed by atoms with Crippen molar-refractivity contribution in [1.29, 1.82) is 0 Å². The molecule has 1 unspecified atom stereocenters. The zero-order valence-corrected chi connectivity index (χ0v) is 20.4. The average Bonchev–Trinajstić information content (AvgIpc) is 3.28. The van der Waals surface area contributed by atoms with Crippen molar-refractivity contribution >= 4 is 34.4 Å². The number of pyridine rings is 1. The minimum atomic E-state index is -0.524. The summed E-state index contributed by atoms with van der Waals surface area (Å²) in [5, 5.41) is 4.41. The smallest absolute Gasteiger partial charge is 0.254 e. The van der Waals surface area contributed by atoms with E-state index in [0.717, 1.165) is 41.5 Å². The van der Waals surface area contributed by atoms with Gasteiger partial charge in [0, 0.05) is 48.5 Å². The quantitative estimate of drug-likeness (QED) is 0.390. The fraction of sp³-hybridized carbons (Fsp3) is 0.308. The third-order valence-corrected chi connectivity index (χ3v) is 6.89. The van der Waals surface area contributed by atoms with Gasteiger partial charge in [-0.15, -0.1) is 0 Å². The molecule has 1 amide bonds. The molecule has 1 aliphatic rings. The highest BCUT2D eigenvalue weighted by molar-refractivity contribution is 6.31. The lowest BCUT2D eigenvalue weighted by molar-refractivity contribution is 0.0679. The topological polar surface area (TPSA) is 86.8 Å². The van der Waals surface area contributed by atoms with Crippen LogP contribution in [0.2, 0.25) is 5.02 Å². The molecule has 0 radical (unpaired) electrons. The fourth-order valence-electron chi connectivity index (χ4n) is 4.59. The molecule has 0 saturated carbocycles. The lowest BCUT2D eigenvalue weighted by Gasteiger charge is -2.33. The number of carbonyl (C=O) groups excluding carboxylic acids is 1. The van der Waals surface area contributed by atoms with Gasteiger partial charge >= 0.3 is 0 Å². The molecule has 180 valence electrons. The molecule has 5 rings (SSSR count). The molecule has 0 bridgehead atoms. The van der Waals surface area contributed by atoms with E-state index in [0.29, 0.717) is 35.1 Å². The summed E-state index contributed by atoms with van der Waals surface area (Å²) in [6, 6.07) is 7.60. The summed E-state index contributed by atoms with van der Waals surface area (Å²) in [6.07, 6.45) is 6.32. The number of nitrogens with zero attached hydrogens (tertiary/aromatic N) is 4. The third-order valence-electron chi connectivity index (χ3n) is 6.68. The zero-order chi connectivity index (χ0) is 24.5. The van der Waals surface area contributed by atoms with Crippen molar-refractivity contribution in [3.8, 4) is 11.4 Å². The monoisotopic (exact) mass is 492 g/mol. The van der Waals surface area contributed by atoms with Gasteiger partial charge in [0.1, 0.15) is 5.65 Å². The molecule has 2 N–H and O–H groups in total. The number of amides is 1. The summed E-state index contributed by atoms with van der Waals surface area (Å²) in [7, 11) is 0. The molecule has 1 saturated heterocycles. The third kappa shape index (κ3) is 4.71. The van der Waals surface area contributed by atoms with Crippen LogP contribution in [-0.4, -0.2) is 50.4 Å². The highest BCUT2D eigenvalue weighted by Crippen LogP contribution is 2.28. The first-order valence-corrected chi connectivity index (χ1v) is 12.0. The molecule has 9 heteroatoms. The van der Waals surface area contributed by atoms with Crippen molar-refractivity contribution in [3.63, 3.8) is 0 Å². The molecule has 1 fully saturated rings. The van der Waals surface area contributed by atoms with Crippen LogP contribution in [0.4, 0.5) is 10.2 Å². The number of aryl methyl sites for hydroxylation is 1. The van der Waals surface area contributed by atoms with Crippen LogP contribution in [-0.2, 0) is 0 Å². The number of halogens is 2. The number of H-pyrrole nitrogens is 1. The number of piperidine rings is 1. The Bertz CT molecular complexity index is 1400. The molecular formula is C26H26ClFN6O. The lowest BCUT2D eigenvalue weighted by Crippen LogP contribution is -2.42. The van der Waals surface area contributed by atoms with Crippen molar-refractivity contribution in [2.24, 2.45) is 5.92 Å². The first-order chi connectivity index (χ1) is 16.9. The predicted octanol–water partition coefficient (Wildman–Crippen LogP) is 5.39. The van der Waals surface area contributed by atoms with Gasteiger partial charge in [0.25, 0.3) is 5.91 Å². The number of nitrogens with one attached hydrogen (secondary N) is 2. The molecule has 3 aromatic heterocycles. The van der Waals surface area contributed by atoms with Crippen LogP contribution >= 0.6 is 11.6 Å². The highest BCUT2D eigenvalue weighted by Gasteiger charge is 2.26. The Balaban J connectivity index is 1.30. The summed E-state index contributed by atoms with van der Waals surface area (Å²) >= 11 is 6.10. The average molecular weight is 493 g/mol. The number of likely N-dealkylation sites (tertiary alicyclic amines) is 1. The Hall–Kier alpha value is -3.52. The predicted molar refractivity (Wildman–Crippen MR) is 135 cm³/mol. The number of aromatic nitrogens is 4. The van der Waals surface area contributed by atoms with Crippen LogP contribution in [0.5, 0.6) is 0 Å². The molecule has 7 nitrogen and oxygen atoms in total. The van der Waals surface area contributed by atoms with Gasteiger partial charge in [-0.25, -0.2) is 19.3 Å². The number of anilines is 1. The second-order valence-electron chi connectivity index (χ2n) is 9.03. The first-order valence-electron chi connectivity index (χ1n) is 11.7. The number of aromatic amines is 1. The zero-order valence-electron chi connectivity index (χ0n) is 19.6. The van der Waals surface area contributed by atoms with Crippen molar-refractivity contribution < 1.29 is 9.18 Å². The van der Waals surface area contributed by atoms with Gasteiger partial charge in [0.05, 0.1) is 11.2 Å². The number of fused-ring (bicyclic) bond motifs is 1. The van der Waals surface area contributed by atoms with E-state index in [2.05, 4.69) is 25.3 Å². The summed E-state index contributed by atoms with van der Waals surface area (Å²) < 4.78 is 14.6. The maximum Gasteiger partial charge on any atom is 0.254 e. The summed E-state index contributed by atoms with van der Waals surface area (Å²) in [4.78, 5) is 31.0. The largest absolute Gasteiger partial charge is 0.367 e. The van der Waals surface area contributed by atoms with E-state index in [1.807, 2.05) is 36.9 Å². The minimum absolute atomic E-state index is 0.0537. The minimum Gasteiger partial charge on any atom is -0.367 e. The van der Waals surface area contributed by atoms with Crippen LogP contribution in [0.3, 0.4) is 0 Å². The van der Waals surface area contributed by atoms with E-state index >= 15 is 0 Å². The molecule has 4 heterocycles. The van der Waals surface area contributed by atoms with Gasteiger partial charge in [-0.2, -0.15) is 0 Å². The lowest BCUT2D eigenvalue weighted by atomic mass is 9.96. The van der Waals surface area contributed by atoms with E-state index in [1.165, 1.54) is 6.20 Å². The Kier molecular flexibility index (Phi) is 6.38. The van der Waals surface area contributed by atoms with Crippen molar-refractivity contribution in [1.82, 2.24) is 24.8 Å². The van der Waals surface area contributed by atoms with E-state index < -0.39 is 5.82 Å². The van der Waals surface area contributed by atoms with Crippen LogP contribution in [0.25, 0.3) is 22.4 Å². The van der Waals surface area contributed by atoms with Gasteiger partial charge in [-0.05, 0) is 55.9 Å². The first kappa shape index (κ1) is 23.2. The van der Waals surface area contributed by atoms with Crippen molar-refractivity contribution in [3.05, 3.63) is 70.4 Å². The van der Waals surface area contributed by atoms with Crippen LogP contribution in [0.15, 0.2) is 42.9 Å². The van der Waals surface area contributed by atoms with Gasteiger partial charge in [0.15, 0.2) is 17.5 Å². The Labute approximate surface area is 207 Å². The number of rotatable bonds is 5. The van der Waals surface area contributed by atoms with Crippen LogP contribution in [0.1, 0.15) is 34.3 Å². The molecular weight excluding hydrogens is 467 g/mol. The van der Waals surface area contributed by atoms with Crippen LogP contribution < -0.4 is 5.32 Å². The Morgan fingerprint density at radius 3 is 3.00 bits per heavy atom. The Morgan fingerprint density at radius 1 is 1.29 bits per heavy atom. The summed E-state index contributed by atoms with van der Waals surface area (Å²) in [6.45, 7) is 5.85. The van der Waals surface area contributed by atoms with Gasteiger partial charge in [0.2, 0.25) is 0 Å². The normalized spacial score (nSPS) is 16.0. The van der Waals surface area contributed by atoms with Gasteiger partial charge < -0.3 is 15.2 Å². The van der Waals surface area contributed by atoms with Gasteiger partial charge in [-0.1, -0.05) is 23.7 Å². The second-order valence-corrected chi connectivity index (χ2v) is 9.47. The number of hydrogen-bond donors (Lipinski definition) is 2. The summed E-state index contributed by atoms with van der Waals surface area (Å²) in [5.74, 6) is 0.227. The second kappa shape index (κ2) is 9.62. The SMILES string of the molecule is Cc1cccc(C(=O)N2CCCC(CNc3nc(-c4c[nH]c5ncc(Cl)cc45)ncc3F)C2)c1C. The van der Waals surface area contributed by atoms with Crippen molar-refractivity contribution in [2.75, 3.05) is 25.0 Å². The van der Waals surface area contributed by atoms with E-state index in [9.17, 15) is 9.18 Å². The molecule has 0 spiro atoms. The number of hydrogen-bond acceptors (Lipinski definition) is 5. The molecule has 35 heavy (non-hydrogen) atoms. The molecule has 1 aromatic carbocycles. The standard InChI is InChI=1S/C26H26ClFN6O/c1-15-5-3-7-19(16(15)2)26(35)34-8-4-6-17(14-34)10-29-25-22(28)13-32-24(33-25)21-12-31-23-20(21)9-18(27)11-30-23/h3,5,7,9,11-13,17H,4,6,8,10,14H2,1-2H3,(H,30,31)(H,29,32,33). The Morgan fingerprint density at radius 2 is 2.14 bits per heavy atom. The number of benzene rings is 1. The molecule has 0 aliphatic carbocycles. The maximum atomic E-state index is 14.6. The number of carbonyl (C=O) groups is 1. The molecule has 1 aliphatic heterocycles. The fourth-order valence-corrected chi connectivity index (χ4v) is 4.75. The molecule has 1 atom stereocenters. The van der Waals surface area contributed by atoms with Crippen molar-refractivity contribution in [2.45, 2.75) is 26.7 Å². The van der Waals surface area contributed by atoms with Gasteiger partial charge in [-0.3, -0.25) is 4.79 Å². The molecule has 4 aromatic rings. The summed E-state index contributed by atoms with van der Waals surface area (Å²) in [5.41, 5.74) is 4.22. The maximum absolute atomic E-state index is 14.6. The van der Waals surface area contributed by atoms with E-state index in [4.69, 9.17) is 11.6 Å². The highest BCUT2D eigenvalue weighted by atomic mass is 35.5. The van der Waals surface area contributed by atoms with E-state index in [1.54, 1.807) is 18.5 Å².